The molecule has 0 spiro atoms. The summed E-state index contributed by atoms with van der Waals surface area (Å²) in [4.78, 5) is 0. The maximum Gasteiger partial charge on any atom is 0.119 e. The van der Waals surface area contributed by atoms with Crippen molar-refractivity contribution >= 4 is 0 Å². The monoisotopic (exact) mass is 278 g/mol. The molecule has 0 amide bonds. The van der Waals surface area contributed by atoms with E-state index in [4.69, 9.17) is 15.3 Å². The summed E-state index contributed by atoms with van der Waals surface area (Å²) in [5.74, 6) is 7.11. The number of nitrogens with one attached hydrogen (secondary N) is 1. The highest BCUT2D eigenvalue weighted by Crippen LogP contribution is 2.34. The first-order valence-corrected chi connectivity index (χ1v) is 7.50. The Labute approximate surface area is 121 Å². The van der Waals surface area contributed by atoms with Gasteiger partial charge in [-0.3, -0.25) is 11.3 Å². The molecular formula is C16H26N2O2. The van der Waals surface area contributed by atoms with Gasteiger partial charge < -0.3 is 9.47 Å². The number of benzene rings is 1. The minimum atomic E-state index is 0.135. The SMILES string of the molecule is CCC1OCCC1C(NN)c1ccc(OC(C)C)cc1. The fraction of sp³-hybridized carbons (Fsp3) is 0.625. The normalized spacial score (nSPS) is 24.1. The highest BCUT2D eigenvalue weighted by molar-refractivity contribution is 5.30. The molecule has 3 atom stereocenters. The van der Waals surface area contributed by atoms with E-state index in [0.717, 1.165) is 25.2 Å². The van der Waals surface area contributed by atoms with Crippen molar-refractivity contribution in [3.63, 3.8) is 0 Å². The van der Waals surface area contributed by atoms with Gasteiger partial charge in [-0.25, -0.2) is 0 Å². The summed E-state index contributed by atoms with van der Waals surface area (Å²) in [5, 5.41) is 0. The number of hydrazine groups is 1. The molecule has 4 nitrogen and oxygen atoms in total. The van der Waals surface area contributed by atoms with Gasteiger partial charge in [-0.2, -0.15) is 0 Å². The molecule has 1 fully saturated rings. The Balaban J connectivity index is 2.11. The number of hydrogen-bond acceptors (Lipinski definition) is 4. The van der Waals surface area contributed by atoms with E-state index in [1.807, 2.05) is 26.0 Å². The van der Waals surface area contributed by atoms with E-state index in [9.17, 15) is 0 Å². The third-order valence-electron chi connectivity index (χ3n) is 3.88. The molecule has 20 heavy (non-hydrogen) atoms. The molecule has 0 aliphatic carbocycles. The van der Waals surface area contributed by atoms with Crippen molar-refractivity contribution in [2.24, 2.45) is 11.8 Å². The summed E-state index contributed by atoms with van der Waals surface area (Å²) in [6, 6.07) is 8.34. The molecule has 3 unspecified atom stereocenters. The second kappa shape index (κ2) is 7.07. The summed E-state index contributed by atoms with van der Waals surface area (Å²) < 4.78 is 11.4. The summed E-state index contributed by atoms with van der Waals surface area (Å²) in [6.45, 7) is 7.05. The molecule has 0 bridgehead atoms. The van der Waals surface area contributed by atoms with Gasteiger partial charge in [0.05, 0.1) is 18.2 Å². The molecule has 1 aliphatic heterocycles. The van der Waals surface area contributed by atoms with Crippen LogP contribution >= 0.6 is 0 Å². The third-order valence-corrected chi connectivity index (χ3v) is 3.88. The fourth-order valence-corrected chi connectivity index (χ4v) is 2.96. The second-order valence-electron chi connectivity index (χ2n) is 5.65. The van der Waals surface area contributed by atoms with Gasteiger partial charge in [-0.05, 0) is 44.4 Å². The molecule has 0 radical (unpaired) electrons. The van der Waals surface area contributed by atoms with Gasteiger partial charge in [0.1, 0.15) is 5.75 Å². The van der Waals surface area contributed by atoms with Crippen LogP contribution in [0.4, 0.5) is 0 Å². The zero-order valence-electron chi connectivity index (χ0n) is 12.6. The molecule has 0 aromatic heterocycles. The lowest BCUT2D eigenvalue weighted by Crippen LogP contribution is -2.36. The maximum atomic E-state index is 5.78. The molecule has 1 aromatic carbocycles. The van der Waals surface area contributed by atoms with Crippen molar-refractivity contribution in [1.29, 1.82) is 0 Å². The number of rotatable bonds is 6. The zero-order chi connectivity index (χ0) is 14.5. The summed E-state index contributed by atoms with van der Waals surface area (Å²) in [6.07, 6.45) is 2.56. The molecule has 1 heterocycles. The number of hydrogen-bond donors (Lipinski definition) is 2. The minimum Gasteiger partial charge on any atom is -0.491 e. The van der Waals surface area contributed by atoms with Crippen LogP contribution in [0, 0.1) is 5.92 Å². The van der Waals surface area contributed by atoms with Crippen LogP contribution in [0.1, 0.15) is 45.2 Å². The van der Waals surface area contributed by atoms with Crippen LogP contribution in [0.2, 0.25) is 0 Å². The Morgan fingerprint density at radius 3 is 2.60 bits per heavy atom. The molecule has 112 valence electrons. The molecule has 1 aliphatic rings. The molecule has 0 saturated carbocycles. The molecule has 2 rings (SSSR count). The van der Waals surface area contributed by atoms with E-state index in [1.165, 1.54) is 5.56 Å². The smallest absolute Gasteiger partial charge is 0.119 e. The van der Waals surface area contributed by atoms with Gasteiger partial charge in [0.2, 0.25) is 0 Å². The standard InChI is InChI=1S/C16H26N2O2/c1-4-15-14(9-10-19-15)16(18-17)12-5-7-13(8-6-12)20-11(2)3/h5-8,11,14-16,18H,4,9-10,17H2,1-3H3. The lowest BCUT2D eigenvalue weighted by molar-refractivity contribution is 0.0774. The summed E-state index contributed by atoms with van der Waals surface area (Å²) in [7, 11) is 0. The molecular weight excluding hydrogens is 252 g/mol. The molecule has 3 N–H and O–H groups in total. The van der Waals surface area contributed by atoms with Gasteiger partial charge in [0.25, 0.3) is 0 Å². The quantitative estimate of drug-likeness (QED) is 0.620. The molecule has 1 aromatic rings. The Morgan fingerprint density at radius 2 is 2.05 bits per heavy atom. The molecule has 4 heteroatoms. The third kappa shape index (κ3) is 3.51. The van der Waals surface area contributed by atoms with Gasteiger partial charge in [-0.1, -0.05) is 19.1 Å². The van der Waals surface area contributed by atoms with Gasteiger partial charge >= 0.3 is 0 Å². The average molecular weight is 278 g/mol. The predicted molar refractivity (Wildman–Crippen MR) is 80.4 cm³/mol. The van der Waals surface area contributed by atoms with E-state index in [-0.39, 0.29) is 12.1 Å². The van der Waals surface area contributed by atoms with Crippen LogP contribution in [0.15, 0.2) is 24.3 Å². The lowest BCUT2D eigenvalue weighted by atomic mass is 9.87. The van der Waals surface area contributed by atoms with Gasteiger partial charge in [-0.15, -0.1) is 0 Å². The highest BCUT2D eigenvalue weighted by atomic mass is 16.5. The average Bonchev–Trinajstić information content (AvgIpc) is 2.89. The van der Waals surface area contributed by atoms with Crippen LogP contribution in [-0.2, 0) is 4.74 Å². The van der Waals surface area contributed by atoms with E-state index < -0.39 is 0 Å². The Hall–Kier alpha value is -1.10. The van der Waals surface area contributed by atoms with Crippen molar-refractivity contribution in [3.05, 3.63) is 29.8 Å². The van der Waals surface area contributed by atoms with Crippen molar-refractivity contribution in [2.45, 2.75) is 51.9 Å². The first kappa shape index (κ1) is 15.3. The highest BCUT2D eigenvalue weighted by Gasteiger charge is 2.33. The molecule has 1 saturated heterocycles. The predicted octanol–water partition coefficient (Wildman–Crippen LogP) is 2.79. The first-order valence-electron chi connectivity index (χ1n) is 7.50. The van der Waals surface area contributed by atoms with Crippen molar-refractivity contribution in [2.75, 3.05) is 6.61 Å². The number of ether oxygens (including phenoxy) is 2. The van der Waals surface area contributed by atoms with Gasteiger partial charge in [0, 0.05) is 12.5 Å². The van der Waals surface area contributed by atoms with Crippen molar-refractivity contribution in [3.8, 4) is 5.75 Å². The second-order valence-corrected chi connectivity index (χ2v) is 5.65. The minimum absolute atomic E-state index is 0.135. The topological polar surface area (TPSA) is 56.5 Å². The van der Waals surface area contributed by atoms with Crippen molar-refractivity contribution in [1.82, 2.24) is 5.43 Å². The van der Waals surface area contributed by atoms with E-state index in [0.29, 0.717) is 12.0 Å². The first-order chi connectivity index (χ1) is 9.65. The Bertz CT molecular complexity index is 405. The summed E-state index contributed by atoms with van der Waals surface area (Å²) >= 11 is 0. The summed E-state index contributed by atoms with van der Waals surface area (Å²) in [5.41, 5.74) is 4.16. The van der Waals surface area contributed by atoms with E-state index >= 15 is 0 Å². The van der Waals surface area contributed by atoms with E-state index in [1.54, 1.807) is 0 Å². The largest absolute Gasteiger partial charge is 0.491 e. The Morgan fingerprint density at radius 1 is 1.35 bits per heavy atom. The van der Waals surface area contributed by atoms with Crippen LogP contribution in [0.3, 0.4) is 0 Å². The fourth-order valence-electron chi connectivity index (χ4n) is 2.96. The number of nitrogens with two attached hydrogens (primary N) is 1. The van der Waals surface area contributed by atoms with Crippen LogP contribution in [0.25, 0.3) is 0 Å². The van der Waals surface area contributed by atoms with Crippen LogP contribution in [-0.4, -0.2) is 18.8 Å². The lowest BCUT2D eigenvalue weighted by Gasteiger charge is -2.27. The van der Waals surface area contributed by atoms with Crippen LogP contribution < -0.4 is 16.0 Å². The van der Waals surface area contributed by atoms with Crippen LogP contribution in [0.5, 0.6) is 5.75 Å². The zero-order valence-corrected chi connectivity index (χ0v) is 12.6. The maximum absolute atomic E-state index is 5.78. The Kier molecular flexibility index (Phi) is 5.40. The van der Waals surface area contributed by atoms with Gasteiger partial charge in [0.15, 0.2) is 0 Å². The van der Waals surface area contributed by atoms with E-state index in [2.05, 4.69) is 24.5 Å². The van der Waals surface area contributed by atoms with Crippen molar-refractivity contribution < 1.29 is 9.47 Å².